The number of hydrogen-bond acceptors (Lipinski definition) is 0. The molecule has 0 saturated carbocycles. The standard InChI is InChI=1S/C27H21/c1-3-9-20(10-4-1)17-23-15-16-25-24-14-8-7-13-22(24)19-27(25)26(23)18-21-11-5-2-6-12-21/h1-16,19H,17-18H2. The molecule has 0 heteroatoms. The first kappa shape index (κ1) is 16.1. The Labute approximate surface area is 161 Å². The molecule has 0 saturated heterocycles. The first-order valence-electron chi connectivity index (χ1n) is 9.55. The average molecular weight is 345 g/mol. The van der Waals surface area contributed by atoms with E-state index in [2.05, 4.69) is 103 Å². The maximum absolute atomic E-state index is 2.37. The Kier molecular flexibility index (Phi) is 4.10. The van der Waals surface area contributed by atoms with Crippen LogP contribution in [-0.4, -0.2) is 0 Å². The maximum Gasteiger partial charge on any atom is 0.0214 e. The van der Waals surface area contributed by atoms with E-state index in [1.807, 2.05) is 0 Å². The van der Waals surface area contributed by atoms with Gasteiger partial charge in [-0.2, -0.15) is 0 Å². The van der Waals surface area contributed by atoms with Crippen molar-refractivity contribution in [3.05, 3.63) is 137 Å². The summed E-state index contributed by atoms with van der Waals surface area (Å²) in [5.41, 5.74) is 11.1. The van der Waals surface area contributed by atoms with Crippen LogP contribution in [0.15, 0.2) is 97.1 Å². The Morgan fingerprint density at radius 1 is 0.481 bits per heavy atom. The molecule has 0 unspecified atom stereocenters. The fourth-order valence-electron chi connectivity index (χ4n) is 4.12. The van der Waals surface area contributed by atoms with E-state index >= 15 is 0 Å². The van der Waals surface area contributed by atoms with E-state index in [1.165, 1.54) is 44.5 Å². The zero-order valence-corrected chi connectivity index (χ0v) is 15.2. The lowest BCUT2D eigenvalue weighted by atomic mass is 9.89. The van der Waals surface area contributed by atoms with Gasteiger partial charge in [0.2, 0.25) is 0 Å². The molecule has 0 bridgehead atoms. The molecule has 0 aliphatic heterocycles. The van der Waals surface area contributed by atoms with Crippen molar-refractivity contribution in [3.63, 3.8) is 0 Å². The van der Waals surface area contributed by atoms with Gasteiger partial charge in [0.05, 0.1) is 0 Å². The summed E-state index contributed by atoms with van der Waals surface area (Å²) >= 11 is 0. The van der Waals surface area contributed by atoms with Crippen LogP contribution < -0.4 is 0 Å². The lowest BCUT2D eigenvalue weighted by molar-refractivity contribution is 1.08. The van der Waals surface area contributed by atoms with Crippen LogP contribution in [0.4, 0.5) is 0 Å². The van der Waals surface area contributed by atoms with E-state index in [4.69, 9.17) is 0 Å². The molecule has 4 aromatic carbocycles. The smallest absolute Gasteiger partial charge is 0.0214 e. The first-order valence-corrected chi connectivity index (χ1v) is 9.55. The summed E-state index contributed by atoms with van der Waals surface area (Å²) in [6, 6.07) is 35.0. The van der Waals surface area contributed by atoms with Gasteiger partial charge in [-0.05, 0) is 57.3 Å². The van der Waals surface area contributed by atoms with E-state index in [0.717, 1.165) is 12.8 Å². The molecule has 0 atom stereocenters. The minimum Gasteiger partial charge on any atom is -0.0622 e. The van der Waals surface area contributed by atoms with E-state index < -0.39 is 0 Å². The van der Waals surface area contributed by atoms with Gasteiger partial charge in [-0.15, -0.1) is 0 Å². The van der Waals surface area contributed by atoms with Crippen molar-refractivity contribution in [2.45, 2.75) is 12.8 Å². The lowest BCUT2D eigenvalue weighted by Gasteiger charge is -2.15. The van der Waals surface area contributed by atoms with Gasteiger partial charge in [0.25, 0.3) is 0 Å². The maximum atomic E-state index is 2.37. The van der Waals surface area contributed by atoms with Crippen molar-refractivity contribution in [2.24, 2.45) is 0 Å². The number of fused-ring (bicyclic) bond motifs is 3. The Morgan fingerprint density at radius 2 is 1.11 bits per heavy atom. The first-order chi connectivity index (χ1) is 13.4. The van der Waals surface area contributed by atoms with Crippen LogP contribution in [0.1, 0.15) is 33.4 Å². The summed E-state index contributed by atoms with van der Waals surface area (Å²) < 4.78 is 0. The number of benzene rings is 4. The van der Waals surface area contributed by atoms with E-state index in [9.17, 15) is 0 Å². The van der Waals surface area contributed by atoms with E-state index in [0.29, 0.717) is 0 Å². The topological polar surface area (TPSA) is 0 Å². The Hall–Kier alpha value is -3.12. The largest absolute Gasteiger partial charge is 0.0622 e. The summed E-state index contributed by atoms with van der Waals surface area (Å²) in [5.74, 6) is 0. The van der Waals surface area contributed by atoms with Crippen molar-refractivity contribution in [1.82, 2.24) is 0 Å². The summed E-state index contributed by atoms with van der Waals surface area (Å²) in [4.78, 5) is 0. The molecule has 0 fully saturated rings. The zero-order chi connectivity index (χ0) is 18.1. The highest BCUT2D eigenvalue weighted by molar-refractivity contribution is 5.83. The van der Waals surface area contributed by atoms with Crippen LogP contribution >= 0.6 is 0 Å². The van der Waals surface area contributed by atoms with Crippen molar-refractivity contribution in [1.29, 1.82) is 0 Å². The Bertz CT molecular complexity index is 1080. The molecule has 1 radical (unpaired) electrons. The Morgan fingerprint density at radius 3 is 1.85 bits per heavy atom. The highest BCUT2D eigenvalue weighted by Gasteiger charge is 2.23. The summed E-state index contributed by atoms with van der Waals surface area (Å²) in [6.07, 6.45) is 4.31. The predicted molar refractivity (Wildman–Crippen MR) is 113 cm³/mol. The molecule has 1 aliphatic carbocycles. The molecule has 0 heterocycles. The normalized spacial score (nSPS) is 11.9. The molecule has 0 nitrogen and oxygen atoms in total. The minimum absolute atomic E-state index is 0.969. The minimum atomic E-state index is 0.969. The highest BCUT2D eigenvalue weighted by atomic mass is 14.3. The second-order valence-electron chi connectivity index (χ2n) is 7.22. The van der Waals surface area contributed by atoms with Crippen LogP contribution in [0, 0.1) is 6.42 Å². The average Bonchev–Trinajstić information content (AvgIpc) is 3.10. The molecule has 27 heavy (non-hydrogen) atoms. The molecule has 0 spiro atoms. The summed E-state index contributed by atoms with van der Waals surface area (Å²) in [5, 5.41) is 0. The van der Waals surface area contributed by atoms with Crippen molar-refractivity contribution in [2.75, 3.05) is 0 Å². The third kappa shape index (κ3) is 3.08. The second-order valence-corrected chi connectivity index (χ2v) is 7.22. The van der Waals surface area contributed by atoms with Gasteiger partial charge >= 0.3 is 0 Å². The zero-order valence-electron chi connectivity index (χ0n) is 15.2. The second kappa shape index (κ2) is 6.89. The van der Waals surface area contributed by atoms with E-state index in [1.54, 1.807) is 0 Å². The van der Waals surface area contributed by atoms with Gasteiger partial charge in [0.1, 0.15) is 0 Å². The van der Waals surface area contributed by atoms with Gasteiger partial charge in [-0.1, -0.05) is 97.1 Å². The molecule has 4 aromatic rings. The molecular weight excluding hydrogens is 324 g/mol. The van der Waals surface area contributed by atoms with Gasteiger partial charge in [-0.3, -0.25) is 0 Å². The third-order valence-electron chi connectivity index (χ3n) is 5.47. The van der Waals surface area contributed by atoms with E-state index in [-0.39, 0.29) is 0 Å². The van der Waals surface area contributed by atoms with Crippen LogP contribution in [-0.2, 0) is 12.8 Å². The molecule has 129 valence electrons. The van der Waals surface area contributed by atoms with Crippen molar-refractivity contribution >= 4 is 0 Å². The highest BCUT2D eigenvalue weighted by Crippen LogP contribution is 2.41. The van der Waals surface area contributed by atoms with Crippen LogP contribution in [0.3, 0.4) is 0 Å². The van der Waals surface area contributed by atoms with Gasteiger partial charge < -0.3 is 0 Å². The van der Waals surface area contributed by atoms with Gasteiger partial charge in [0, 0.05) is 6.42 Å². The summed E-state index contributed by atoms with van der Waals surface area (Å²) in [6.45, 7) is 0. The molecule has 0 N–H and O–H groups in total. The number of rotatable bonds is 4. The molecule has 0 aromatic heterocycles. The lowest BCUT2D eigenvalue weighted by Crippen LogP contribution is -2.02. The summed E-state index contributed by atoms with van der Waals surface area (Å²) in [7, 11) is 0. The molecule has 5 rings (SSSR count). The fraction of sp³-hybridized carbons (Fsp3) is 0.0741. The van der Waals surface area contributed by atoms with Crippen LogP contribution in [0.5, 0.6) is 0 Å². The fourth-order valence-corrected chi connectivity index (χ4v) is 4.12. The van der Waals surface area contributed by atoms with Gasteiger partial charge in [-0.25, -0.2) is 0 Å². The van der Waals surface area contributed by atoms with Crippen molar-refractivity contribution < 1.29 is 0 Å². The van der Waals surface area contributed by atoms with Crippen LogP contribution in [0.2, 0.25) is 0 Å². The number of hydrogen-bond donors (Lipinski definition) is 0. The monoisotopic (exact) mass is 345 g/mol. The Balaban J connectivity index is 1.62. The molecular formula is C27H21. The third-order valence-corrected chi connectivity index (χ3v) is 5.47. The predicted octanol–water partition coefficient (Wildman–Crippen LogP) is 6.45. The van der Waals surface area contributed by atoms with Crippen LogP contribution in [0.25, 0.3) is 11.1 Å². The molecule has 0 amide bonds. The van der Waals surface area contributed by atoms with Crippen molar-refractivity contribution in [3.8, 4) is 11.1 Å². The SMILES string of the molecule is [CH]1c2ccccc2-c2ccc(Cc3ccccc3)c(Cc3ccccc3)c21. The molecule has 1 aliphatic rings. The quantitative estimate of drug-likeness (QED) is 0.351. The van der Waals surface area contributed by atoms with Gasteiger partial charge in [0.15, 0.2) is 0 Å².